The number of anilines is 4. The maximum atomic E-state index is 14.8. The number of carbonyl (C=O) groups is 1. The van der Waals surface area contributed by atoms with Crippen molar-refractivity contribution in [1.82, 2.24) is 0 Å². The van der Waals surface area contributed by atoms with Gasteiger partial charge < -0.3 is 21.7 Å². The molecule has 48 heavy (non-hydrogen) atoms. The minimum Gasteiger partial charge on any atom is -0.398 e. The molecule has 6 aromatic rings. The van der Waals surface area contributed by atoms with Crippen molar-refractivity contribution in [1.29, 1.82) is 5.41 Å². The fourth-order valence-electron chi connectivity index (χ4n) is 7.45. The Morgan fingerprint density at radius 1 is 0.833 bits per heavy atom. The van der Waals surface area contributed by atoms with E-state index in [1.165, 1.54) is 0 Å². The van der Waals surface area contributed by atoms with Gasteiger partial charge in [0.15, 0.2) is 5.78 Å². The first-order valence-electron chi connectivity index (χ1n) is 16.3. The third-order valence-corrected chi connectivity index (χ3v) is 9.65. The largest absolute Gasteiger partial charge is 0.398 e. The van der Waals surface area contributed by atoms with Gasteiger partial charge in [0.1, 0.15) is 0 Å². The molecule has 1 aliphatic carbocycles. The van der Waals surface area contributed by atoms with Crippen molar-refractivity contribution >= 4 is 83.1 Å². The molecule has 0 heterocycles. The summed E-state index contributed by atoms with van der Waals surface area (Å²) in [6, 6.07) is 28.5. The smallest absolute Gasteiger partial charge is 0.251 e. The molecule has 0 amide bonds. The number of rotatable bonds is 8. The average Bonchev–Trinajstić information content (AvgIpc) is 3.10. The van der Waals surface area contributed by atoms with Gasteiger partial charge in [-0.1, -0.05) is 48.5 Å². The SMILES string of the molecule is [C-]#[N+]C(=C=N)C1=C(c2c(N)cc(NCC)c3cc4ccccc4cc23)C(=O)C1c1c(N)cc(N(CC)CC)c2cc3ccccc3cc12. The lowest BCUT2D eigenvalue weighted by Crippen LogP contribution is -2.31. The number of Topliss-reactive ketones (excluding diaryl/α,β-unsaturated/α-hetero) is 1. The molecule has 6 N–H and O–H groups in total. The fourth-order valence-corrected chi connectivity index (χ4v) is 7.45. The molecule has 0 saturated heterocycles. The molecule has 1 atom stereocenters. The summed E-state index contributed by atoms with van der Waals surface area (Å²) < 4.78 is 0. The van der Waals surface area contributed by atoms with Crippen LogP contribution < -0.4 is 21.7 Å². The standard InChI is InChI=1S/C41H36N6O/c1-5-46-33-20-31(43)36(29-18-25-14-10-8-12-23(25)16-27(29)33)39-38(34(22-42)45-4)40(41(39)48)37-30-19-26-15-11-9-13-24(26)17-28(30)35(21-32(37)44)47(6-2)7-3/h8-21,40,42,46H,5-7,43-44H2,1-3H3. The Bertz CT molecular complexity index is 2460. The highest BCUT2D eigenvalue weighted by Gasteiger charge is 2.45. The van der Waals surface area contributed by atoms with E-state index in [9.17, 15) is 4.79 Å². The number of carbonyl (C=O) groups excluding carboxylic acids is 1. The van der Waals surface area contributed by atoms with Crippen molar-refractivity contribution in [3.8, 4) is 0 Å². The first-order valence-corrected chi connectivity index (χ1v) is 16.3. The summed E-state index contributed by atoms with van der Waals surface area (Å²) in [6.45, 7) is 16.6. The summed E-state index contributed by atoms with van der Waals surface area (Å²) in [6.07, 6.45) is 0. The third kappa shape index (κ3) is 4.58. The van der Waals surface area contributed by atoms with Gasteiger partial charge in [-0.05, 0) is 106 Å². The molecule has 1 unspecified atom stereocenters. The minimum absolute atomic E-state index is 0.0279. The second-order valence-corrected chi connectivity index (χ2v) is 12.2. The first kappa shape index (κ1) is 30.6. The molecule has 236 valence electrons. The maximum Gasteiger partial charge on any atom is 0.251 e. The van der Waals surface area contributed by atoms with E-state index in [4.69, 9.17) is 23.4 Å². The normalized spacial score (nSPS) is 14.3. The molecule has 1 aliphatic rings. The number of benzene rings is 6. The second-order valence-electron chi connectivity index (χ2n) is 12.2. The van der Waals surface area contributed by atoms with Crippen molar-refractivity contribution < 1.29 is 4.79 Å². The molecule has 6 aromatic carbocycles. The topological polar surface area (TPSA) is 113 Å². The third-order valence-electron chi connectivity index (χ3n) is 9.65. The van der Waals surface area contributed by atoms with Crippen LogP contribution in [0.25, 0.3) is 53.5 Å². The quantitative estimate of drug-likeness (QED) is 0.0582. The summed E-state index contributed by atoms with van der Waals surface area (Å²) in [4.78, 5) is 20.7. The van der Waals surface area contributed by atoms with Crippen molar-refractivity contribution in [3.05, 3.63) is 119 Å². The molecule has 0 aliphatic heterocycles. The van der Waals surface area contributed by atoms with Gasteiger partial charge in [0.05, 0.1) is 12.5 Å². The molecule has 7 heteroatoms. The number of nitrogens with one attached hydrogen (secondary N) is 2. The highest BCUT2D eigenvalue weighted by atomic mass is 16.1. The monoisotopic (exact) mass is 628 g/mol. The summed E-state index contributed by atoms with van der Waals surface area (Å²) in [5.74, 6) is 1.30. The van der Waals surface area contributed by atoms with Gasteiger partial charge in [-0.2, -0.15) is 0 Å². The zero-order chi connectivity index (χ0) is 33.7. The number of ketones is 1. The second kappa shape index (κ2) is 11.9. The predicted octanol–water partition coefficient (Wildman–Crippen LogP) is 8.91. The number of allylic oxidation sites excluding steroid dienone is 2. The van der Waals surface area contributed by atoms with Crippen LogP contribution in [0, 0.1) is 12.0 Å². The number of hydrogen-bond acceptors (Lipinski definition) is 6. The maximum absolute atomic E-state index is 14.8. The van der Waals surface area contributed by atoms with Gasteiger partial charge in [0.25, 0.3) is 5.70 Å². The molecule has 0 aromatic heterocycles. The van der Waals surface area contributed by atoms with Gasteiger partial charge >= 0.3 is 0 Å². The Morgan fingerprint density at radius 3 is 1.94 bits per heavy atom. The van der Waals surface area contributed by atoms with Crippen LogP contribution in [0.4, 0.5) is 22.7 Å². The van der Waals surface area contributed by atoms with Crippen LogP contribution in [0.1, 0.15) is 37.8 Å². The Kier molecular flexibility index (Phi) is 7.59. The van der Waals surface area contributed by atoms with Crippen LogP contribution in [-0.2, 0) is 4.79 Å². The molecule has 0 bridgehead atoms. The predicted molar refractivity (Wildman–Crippen MR) is 202 cm³/mol. The van der Waals surface area contributed by atoms with Crippen LogP contribution in [0.2, 0.25) is 0 Å². The molecular weight excluding hydrogens is 592 g/mol. The highest BCUT2D eigenvalue weighted by molar-refractivity contribution is 6.38. The van der Waals surface area contributed by atoms with Crippen LogP contribution in [-0.4, -0.2) is 31.3 Å². The number of nitrogens with two attached hydrogens (primary N) is 2. The molecule has 0 radical (unpaired) electrons. The number of nitrogens with zero attached hydrogens (tertiary/aromatic N) is 2. The lowest BCUT2D eigenvalue weighted by Gasteiger charge is -2.35. The zero-order valence-corrected chi connectivity index (χ0v) is 27.2. The first-order chi connectivity index (χ1) is 23.3. The van der Waals surface area contributed by atoms with Gasteiger partial charge in [0, 0.05) is 64.3 Å². The lowest BCUT2D eigenvalue weighted by molar-refractivity contribution is -0.115. The van der Waals surface area contributed by atoms with E-state index in [-0.39, 0.29) is 11.5 Å². The van der Waals surface area contributed by atoms with E-state index in [0.717, 1.165) is 67.6 Å². The highest BCUT2D eigenvalue weighted by Crippen LogP contribution is 2.54. The van der Waals surface area contributed by atoms with Crippen LogP contribution >= 0.6 is 0 Å². The number of nitrogen functional groups attached to an aromatic ring is 2. The Balaban J connectivity index is 1.57. The van der Waals surface area contributed by atoms with E-state index < -0.39 is 5.92 Å². The van der Waals surface area contributed by atoms with Gasteiger partial charge in [0.2, 0.25) is 0 Å². The summed E-state index contributed by atoms with van der Waals surface area (Å²) in [7, 11) is 0. The van der Waals surface area contributed by atoms with Crippen molar-refractivity contribution in [2.45, 2.75) is 26.7 Å². The summed E-state index contributed by atoms with van der Waals surface area (Å²) in [5, 5.41) is 19.3. The van der Waals surface area contributed by atoms with Crippen LogP contribution in [0.3, 0.4) is 0 Å². The van der Waals surface area contributed by atoms with Crippen molar-refractivity contribution in [2.75, 3.05) is 41.3 Å². The average molecular weight is 629 g/mol. The Labute approximate surface area is 279 Å². The number of hydrogen-bond donors (Lipinski definition) is 4. The fraction of sp³-hybridized carbons (Fsp3) is 0.171. The van der Waals surface area contributed by atoms with Crippen molar-refractivity contribution in [2.24, 2.45) is 0 Å². The van der Waals surface area contributed by atoms with E-state index in [0.29, 0.717) is 40.2 Å². The molecule has 0 spiro atoms. The molecule has 7 nitrogen and oxygen atoms in total. The van der Waals surface area contributed by atoms with E-state index in [2.05, 4.69) is 77.2 Å². The Morgan fingerprint density at radius 2 is 1.40 bits per heavy atom. The molecule has 7 rings (SSSR count). The minimum atomic E-state index is -0.861. The zero-order valence-electron chi connectivity index (χ0n) is 27.2. The van der Waals surface area contributed by atoms with Crippen LogP contribution in [0.15, 0.2) is 96.2 Å². The van der Waals surface area contributed by atoms with Crippen molar-refractivity contribution in [3.63, 3.8) is 0 Å². The van der Waals surface area contributed by atoms with Gasteiger partial charge in [-0.25, -0.2) is 4.85 Å². The molecular formula is C41H36N6O. The number of fused-ring (bicyclic) bond motifs is 4. The molecule has 0 saturated carbocycles. The molecule has 0 fully saturated rings. The van der Waals surface area contributed by atoms with Gasteiger partial charge in [-0.15, -0.1) is 0 Å². The van der Waals surface area contributed by atoms with E-state index >= 15 is 0 Å². The van der Waals surface area contributed by atoms with E-state index in [1.807, 2.05) is 49.4 Å². The Hall–Kier alpha value is -6.09. The lowest BCUT2D eigenvalue weighted by atomic mass is 9.66. The van der Waals surface area contributed by atoms with Crippen LogP contribution in [0.5, 0.6) is 0 Å². The summed E-state index contributed by atoms with van der Waals surface area (Å²) in [5.41, 5.74) is 18.4. The van der Waals surface area contributed by atoms with Gasteiger partial charge in [-0.3, -0.25) is 10.2 Å². The summed E-state index contributed by atoms with van der Waals surface area (Å²) >= 11 is 0. The van der Waals surface area contributed by atoms with E-state index in [1.54, 1.807) is 0 Å².